The number of aromatic nitrogens is 2. The van der Waals surface area contributed by atoms with Gasteiger partial charge in [-0.3, -0.25) is 0 Å². The molecule has 4 rings (SSSR count). The molecule has 0 radical (unpaired) electrons. The Morgan fingerprint density at radius 2 is 1.73 bits per heavy atom. The Balaban J connectivity index is 1.78. The molecular weight excluding hydrogens is 398 g/mol. The first-order chi connectivity index (χ1) is 14.6. The van der Waals surface area contributed by atoms with Crippen molar-refractivity contribution in [3.05, 3.63) is 53.7 Å². The molecule has 4 aromatic rings. The molecule has 0 bridgehead atoms. The van der Waals surface area contributed by atoms with Gasteiger partial charge in [-0.25, -0.2) is 9.97 Å². The van der Waals surface area contributed by atoms with Crippen LogP contribution in [0.25, 0.3) is 21.3 Å². The molecule has 7 heteroatoms. The van der Waals surface area contributed by atoms with Crippen molar-refractivity contribution in [2.45, 2.75) is 13.8 Å². The third kappa shape index (κ3) is 3.76. The highest BCUT2D eigenvalue weighted by molar-refractivity contribution is 7.19. The summed E-state index contributed by atoms with van der Waals surface area (Å²) in [4.78, 5) is 11.2. The molecule has 0 saturated carbocycles. The average molecular weight is 422 g/mol. The van der Waals surface area contributed by atoms with Crippen molar-refractivity contribution in [3.63, 3.8) is 0 Å². The molecule has 2 heterocycles. The van der Waals surface area contributed by atoms with Crippen molar-refractivity contribution in [3.8, 4) is 28.4 Å². The highest BCUT2D eigenvalue weighted by Crippen LogP contribution is 2.42. The van der Waals surface area contributed by atoms with Gasteiger partial charge < -0.3 is 19.5 Å². The van der Waals surface area contributed by atoms with Crippen LogP contribution in [0.2, 0.25) is 0 Å². The van der Waals surface area contributed by atoms with Gasteiger partial charge in [-0.2, -0.15) is 0 Å². The van der Waals surface area contributed by atoms with E-state index in [2.05, 4.69) is 34.3 Å². The molecule has 0 aliphatic carbocycles. The van der Waals surface area contributed by atoms with Gasteiger partial charge in [0.25, 0.3) is 0 Å². The fourth-order valence-corrected chi connectivity index (χ4v) is 4.43. The molecule has 6 nitrogen and oxygen atoms in total. The molecule has 0 aliphatic heterocycles. The normalized spacial score (nSPS) is 10.8. The maximum Gasteiger partial charge on any atom is 0.162 e. The first-order valence-corrected chi connectivity index (χ1v) is 10.4. The Labute approximate surface area is 179 Å². The molecular formula is C23H23N3O3S. The quantitative estimate of drug-likeness (QED) is 0.405. The number of benzene rings is 2. The van der Waals surface area contributed by atoms with E-state index in [1.165, 1.54) is 4.88 Å². The number of fused-ring (bicyclic) bond motifs is 1. The molecule has 0 unspecified atom stereocenters. The molecule has 0 atom stereocenters. The number of hydrogen-bond acceptors (Lipinski definition) is 7. The number of hydrogen-bond donors (Lipinski definition) is 1. The van der Waals surface area contributed by atoms with E-state index in [0.29, 0.717) is 18.1 Å². The van der Waals surface area contributed by atoms with Crippen LogP contribution >= 0.6 is 11.3 Å². The van der Waals surface area contributed by atoms with Crippen molar-refractivity contribution in [1.29, 1.82) is 0 Å². The minimum absolute atomic E-state index is 0.646. The lowest BCUT2D eigenvalue weighted by Gasteiger charge is -2.12. The maximum absolute atomic E-state index is 5.58. The smallest absolute Gasteiger partial charge is 0.162 e. The third-order valence-corrected chi connectivity index (χ3v) is 5.78. The molecule has 0 spiro atoms. The number of ether oxygens (including phenoxy) is 3. The lowest BCUT2D eigenvalue weighted by atomic mass is 10.0. The predicted molar refractivity (Wildman–Crippen MR) is 122 cm³/mol. The Morgan fingerprint density at radius 3 is 2.43 bits per heavy atom. The van der Waals surface area contributed by atoms with Crippen molar-refractivity contribution in [2.75, 3.05) is 26.1 Å². The Hall–Kier alpha value is -3.32. The summed E-state index contributed by atoms with van der Waals surface area (Å²) in [5.41, 5.74) is 3.09. The van der Waals surface area contributed by atoms with Crippen LogP contribution < -0.4 is 19.5 Å². The molecule has 0 aliphatic rings. The Kier molecular flexibility index (Phi) is 5.72. The first kappa shape index (κ1) is 20.0. The van der Waals surface area contributed by atoms with Crippen LogP contribution in [0.4, 0.5) is 11.5 Å². The zero-order valence-corrected chi connectivity index (χ0v) is 18.2. The summed E-state index contributed by atoms with van der Waals surface area (Å²) in [5, 5.41) is 4.42. The number of rotatable bonds is 7. The summed E-state index contributed by atoms with van der Waals surface area (Å²) in [6.45, 7) is 4.74. The maximum atomic E-state index is 5.58. The lowest BCUT2D eigenvalue weighted by Crippen LogP contribution is -1.97. The minimum atomic E-state index is 0.646. The summed E-state index contributed by atoms with van der Waals surface area (Å²) < 4.78 is 16.3. The van der Waals surface area contributed by atoms with E-state index < -0.39 is 0 Å². The molecule has 2 aromatic carbocycles. The monoisotopic (exact) mass is 421 g/mol. The molecule has 0 fully saturated rings. The van der Waals surface area contributed by atoms with E-state index in [4.69, 9.17) is 14.2 Å². The van der Waals surface area contributed by atoms with E-state index in [-0.39, 0.29) is 0 Å². The topological polar surface area (TPSA) is 65.5 Å². The van der Waals surface area contributed by atoms with Gasteiger partial charge in [0.05, 0.1) is 26.2 Å². The molecule has 0 amide bonds. The van der Waals surface area contributed by atoms with Crippen LogP contribution in [0.15, 0.2) is 48.8 Å². The van der Waals surface area contributed by atoms with Gasteiger partial charge in [0.1, 0.15) is 22.7 Å². The van der Waals surface area contributed by atoms with Crippen LogP contribution in [-0.4, -0.2) is 30.8 Å². The van der Waals surface area contributed by atoms with Crippen LogP contribution in [0.3, 0.4) is 0 Å². The van der Waals surface area contributed by atoms with E-state index in [1.54, 1.807) is 31.9 Å². The standard InChI is InChI=1S/C23H23N3O3S/c1-5-29-17-9-6-15(7-10-17)20-14(2)30-23-21(20)22(24-13-25-23)26-16-8-11-18(27-3)19(12-16)28-4/h6-13H,5H2,1-4H3,(H,24,25,26). The molecule has 30 heavy (non-hydrogen) atoms. The number of anilines is 2. The van der Waals surface area contributed by atoms with Crippen LogP contribution in [0.1, 0.15) is 11.8 Å². The van der Waals surface area contributed by atoms with Crippen LogP contribution in [0, 0.1) is 6.92 Å². The van der Waals surface area contributed by atoms with Gasteiger partial charge in [0, 0.05) is 22.2 Å². The van der Waals surface area contributed by atoms with Crippen molar-refractivity contribution in [1.82, 2.24) is 9.97 Å². The van der Waals surface area contributed by atoms with Gasteiger partial charge in [-0.05, 0) is 43.7 Å². The number of methoxy groups -OCH3 is 2. The number of nitrogens with one attached hydrogen (secondary N) is 1. The second-order valence-electron chi connectivity index (χ2n) is 6.59. The van der Waals surface area contributed by atoms with E-state index in [9.17, 15) is 0 Å². The van der Waals surface area contributed by atoms with Gasteiger partial charge in [-0.1, -0.05) is 12.1 Å². The zero-order chi connectivity index (χ0) is 21.1. The molecule has 0 saturated heterocycles. The molecule has 154 valence electrons. The summed E-state index contributed by atoms with van der Waals surface area (Å²) in [5.74, 6) is 2.94. The second-order valence-corrected chi connectivity index (χ2v) is 7.79. The average Bonchev–Trinajstić information content (AvgIpc) is 3.11. The highest BCUT2D eigenvalue weighted by Gasteiger charge is 2.17. The summed E-state index contributed by atoms with van der Waals surface area (Å²) >= 11 is 1.66. The first-order valence-electron chi connectivity index (χ1n) is 9.61. The fourth-order valence-electron chi connectivity index (χ4n) is 3.42. The van der Waals surface area contributed by atoms with Crippen molar-refractivity contribution < 1.29 is 14.2 Å². The van der Waals surface area contributed by atoms with Gasteiger partial charge >= 0.3 is 0 Å². The molecule has 2 aromatic heterocycles. The lowest BCUT2D eigenvalue weighted by molar-refractivity contribution is 0.340. The number of nitrogens with zero attached hydrogens (tertiary/aromatic N) is 2. The largest absolute Gasteiger partial charge is 0.494 e. The summed E-state index contributed by atoms with van der Waals surface area (Å²) in [6.07, 6.45) is 1.59. The SMILES string of the molecule is CCOc1ccc(-c2c(C)sc3ncnc(Nc4ccc(OC)c(OC)c4)c23)cc1. The van der Waals surface area contributed by atoms with E-state index >= 15 is 0 Å². The van der Waals surface area contributed by atoms with Gasteiger partial charge in [0.15, 0.2) is 11.5 Å². The number of aryl methyl sites for hydroxylation is 1. The zero-order valence-electron chi connectivity index (χ0n) is 17.4. The van der Waals surface area contributed by atoms with Gasteiger partial charge in [-0.15, -0.1) is 11.3 Å². The Morgan fingerprint density at radius 1 is 0.967 bits per heavy atom. The van der Waals surface area contributed by atoms with Crippen LogP contribution in [-0.2, 0) is 0 Å². The van der Waals surface area contributed by atoms with Crippen molar-refractivity contribution in [2.24, 2.45) is 0 Å². The van der Waals surface area contributed by atoms with E-state index in [0.717, 1.165) is 38.6 Å². The second kappa shape index (κ2) is 8.59. The fraction of sp³-hybridized carbons (Fsp3) is 0.217. The highest BCUT2D eigenvalue weighted by atomic mass is 32.1. The Bertz CT molecular complexity index is 1170. The predicted octanol–water partition coefficient (Wildman–Crippen LogP) is 5.83. The van der Waals surface area contributed by atoms with Gasteiger partial charge in [0.2, 0.25) is 0 Å². The molecule has 1 N–H and O–H groups in total. The summed E-state index contributed by atoms with van der Waals surface area (Å²) in [6, 6.07) is 13.8. The van der Waals surface area contributed by atoms with E-state index in [1.807, 2.05) is 37.3 Å². The third-order valence-electron chi connectivity index (χ3n) is 4.76. The van der Waals surface area contributed by atoms with Crippen LogP contribution in [0.5, 0.6) is 17.2 Å². The minimum Gasteiger partial charge on any atom is -0.494 e. The summed E-state index contributed by atoms with van der Waals surface area (Å²) in [7, 11) is 3.24. The number of thiophene rings is 1. The van der Waals surface area contributed by atoms with Crippen molar-refractivity contribution >= 4 is 33.1 Å².